The molecule has 0 radical (unpaired) electrons. The molecule has 134 valence electrons. The van der Waals surface area contributed by atoms with E-state index in [9.17, 15) is 4.79 Å². The minimum absolute atomic E-state index is 0.133. The number of hydrogen-bond acceptors (Lipinski definition) is 6. The summed E-state index contributed by atoms with van der Waals surface area (Å²) in [4.78, 5) is 20.8. The van der Waals surface area contributed by atoms with Crippen LogP contribution in [0.2, 0.25) is 0 Å². The normalized spacial score (nSPS) is 24.1. The minimum Gasteiger partial charge on any atom is -0.375 e. The summed E-state index contributed by atoms with van der Waals surface area (Å²) in [6, 6.07) is 5.65. The van der Waals surface area contributed by atoms with E-state index in [1.807, 2.05) is 17.9 Å². The molecule has 1 amide bonds. The number of morpholine rings is 1. The van der Waals surface area contributed by atoms with Crippen LogP contribution in [0.4, 0.5) is 5.82 Å². The van der Waals surface area contributed by atoms with Gasteiger partial charge < -0.3 is 15.0 Å². The van der Waals surface area contributed by atoms with Gasteiger partial charge in [-0.25, -0.2) is 4.98 Å². The molecule has 1 aromatic heterocycles. The van der Waals surface area contributed by atoms with Crippen molar-refractivity contribution in [1.29, 1.82) is 5.26 Å². The highest BCUT2D eigenvalue weighted by molar-refractivity contribution is 5.78. The number of pyridine rings is 1. The standard InChI is InChI=1S/C18H25N5O2/c1-14-11-23(6-7-25-14)18(24)13-22-5-4-16(12-22)10-21-17-3-2-15(8-19)9-20-17/h2-3,9,14,16H,4-7,10-13H2,1H3,(H,20,21)/t14-,16+/m1/s1. The molecule has 0 aromatic carbocycles. The summed E-state index contributed by atoms with van der Waals surface area (Å²) >= 11 is 0. The fourth-order valence-electron chi connectivity index (χ4n) is 3.37. The van der Waals surface area contributed by atoms with Gasteiger partial charge in [-0.1, -0.05) is 0 Å². The third-order valence-electron chi connectivity index (χ3n) is 4.79. The van der Waals surface area contributed by atoms with Crippen molar-refractivity contribution in [2.24, 2.45) is 5.92 Å². The number of ether oxygens (including phenoxy) is 1. The predicted molar refractivity (Wildman–Crippen MR) is 94.0 cm³/mol. The quantitative estimate of drug-likeness (QED) is 0.857. The van der Waals surface area contributed by atoms with Crippen LogP contribution in [0.25, 0.3) is 0 Å². The predicted octanol–water partition coefficient (Wildman–Crippen LogP) is 0.934. The molecule has 1 N–H and O–H groups in total. The maximum absolute atomic E-state index is 12.4. The number of aromatic nitrogens is 1. The maximum atomic E-state index is 12.4. The van der Waals surface area contributed by atoms with Crippen LogP contribution in [0, 0.1) is 17.2 Å². The average Bonchev–Trinajstić information content (AvgIpc) is 3.08. The smallest absolute Gasteiger partial charge is 0.236 e. The second kappa shape index (κ2) is 8.28. The van der Waals surface area contributed by atoms with Crippen LogP contribution in [0.15, 0.2) is 18.3 Å². The lowest BCUT2D eigenvalue weighted by Crippen LogP contribution is -2.48. The van der Waals surface area contributed by atoms with Gasteiger partial charge in [-0.05, 0) is 37.9 Å². The van der Waals surface area contributed by atoms with E-state index >= 15 is 0 Å². The van der Waals surface area contributed by atoms with Crippen molar-refractivity contribution in [1.82, 2.24) is 14.8 Å². The summed E-state index contributed by atoms with van der Waals surface area (Å²) in [7, 11) is 0. The van der Waals surface area contributed by atoms with Crippen LogP contribution in [0.1, 0.15) is 18.9 Å². The molecule has 3 heterocycles. The Morgan fingerprint density at radius 3 is 3.04 bits per heavy atom. The summed E-state index contributed by atoms with van der Waals surface area (Å²) in [5.41, 5.74) is 0.563. The molecule has 2 aliphatic heterocycles. The third-order valence-corrected chi connectivity index (χ3v) is 4.79. The van der Waals surface area contributed by atoms with Crippen LogP contribution in [0.3, 0.4) is 0 Å². The highest BCUT2D eigenvalue weighted by Crippen LogP contribution is 2.17. The van der Waals surface area contributed by atoms with E-state index in [0.717, 1.165) is 31.9 Å². The first kappa shape index (κ1) is 17.6. The summed E-state index contributed by atoms with van der Waals surface area (Å²) in [6.07, 6.45) is 2.79. The highest BCUT2D eigenvalue weighted by atomic mass is 16.5. The van der Waals surface area contributed by atoms with E-state index in [1.165, 1.54) is 0 Å². The number of hydrogen-bond donors (Lipinski definition) is 1. The van der Waals surface area contributed by atoms with Crippen molar-refractivity contribution < 1.29 is 9.53 Å². The summed E-state index contributed by atoms with van der Waals surface area (Å²) in [5, 5.41) is 12.1. The van der Waals surface area contributed by atoms with E-state index in [0.29, 0.717) is 37.7 Å². The van der Waals surface area contributed by atoms with Crippen molar-refractivity contribution in [2.45, 2.75) is 19.4 Å². The summed E-state index contributed by atoms with van der Waals surface area (Å²) in [5.74, 6) is 1.50. The Balaban J connectivity index is 1.40. The van der Waals surface area contributed by atoms with E-state index in [2.05, 4.69) is 21.3 Å². The molecule has 2 fully saturated rings. The van der Waals surface area contributed by atoms with E-state index < -0.39 is 0 Å². The van der Waals surface area contributed by atoms with Gasteiger partial charge in [-0.2, -0.15) is 5.26 Å². The van der Waals surface area contributed by atoms with E-state index in [1.54, 1.807) is 12.3 Å². The van der Waals surface area contributed by atoms with Gasteiger partial charge in [0.15, 0.2) is 0 Å². The first-order valence-electron chi connectivity index (χ1n) is 8.86. The van der Waals surface area contributed by atoms with Crippen molar-refractivity contribution in [3.8, 4) is 6.07 Å². The van der Waals surface area contributed by atoms with Gasteiger partial charge in [0.1, 0.15) is 11.9 Å². The molecule has 2 atom stereocenters. The molecule has 2 saturated heterocycles. The Kier molecular flexibility index (Phi) is 5.84. The molecule has 7 nitrogen and oxygen atoms in total. The molecular weight excluding hydrogens is 318 g/mol. The molecule has 1 aromatic rings. The number of nitrogens with one attached hydrogen (secondary N) is 1. The van der Waals surface area contributed by atoms with Gasteiger partial charge in [-0.15, -0.1) is 0 Å². The molecule has 0 unspecified atom stereocenters. The number of rotatable bonds is 5. The highest BCUT2D eigenvalue weighted by Gasteiger charge is 2.27. The number of carbonyl (C=O) groups is 1. The van der Waals surface area contributed by atoms with Crippen molar-refractivity contribution in [3.63, 3.8) is 0 Å². The largest absolute Gasteiger partial charge is 0.375 e. The van der Waals surface area contributed by atoms with Crippen LogP contribution >= 0.6 is 0 Å². The molecule has 0 spiro atoms. The molecule has 0 saturated carbocycles. The number of nitriles is 1. The topological polar surface area (TPSA) is 81.5 Å². The summed E-state index contributed by atoms with van der Waals surface area (Å²) in [6.45, 7) is 7.25. The Labute approximate surface area is 148 Å². The molecule has 25 heavy (non-hydrogen) atoms. The first-order valence-corrected chi connectivity index (χ1v) is 8.86. The first-order chi connectivity index (χ1) is 12.1. The van der Waals surface area contributed by atoms with Gasteiger partial charge >= 0.3 is 0 Å². The molecule has 2 aliphatic rings. The number of anilines is 1. The lowest BCUT2D eigenvalue weighted by atomic mass is 10.1. The Morgan fingerprint density at radius 2 is 2.32 bits per heavy atom. The number of likely N-dealkylation sites (tertiary alicyclic amines) is 1. The van der Waals surface area contributed by atoms with Gasteiger partial charge in [0.2, 0.25) is 5.91 Å². The van der Waals surface area contributed by atoms with Gasteiger partial charge in [0, 0.05) is 32.4 Å². The second-order valence-electron chi connectivity index (χ2n) is 6.84. The monoisotopic (exact) mass is 343 g/mol. The lowest BCUT2D eigenvalue weighted by molar-refractivity contribution is -0.139. The zero-order chi connectivity index (χ0) is 17.6. The molecule has 3 rings (SSSR count). The minimum atomic E-state index is 0.133. The van der Waals surface area contributed by atoms with Crippen LogP contribution < -0.4 is 5.32 Å². The molecular formula is C18H25N5O2. The SMILES string of the molecule is C[C@@H]1CN(C(=O)CN2CC[C@@H](CNc3ccc(C#N)cn3)C2)CCO1. The molecule has 7 heteroatoms. The molecule has 0 aliphatic carbocycles. The van der Waals surface area contributed by atoms with Gasteiger partial charge in [0.05, 0.1) is 24.8 Å². The number of carbonyl (C=O) groups excluding carboxylic acids is 1. The van der Waals surface area contributed by atoms with Crippen LogP contribution in [0.5, 0.6) is 0 Å². The fraction of sp³-hybridized carbons (Fsp3) is 0.611. The number of amides is 1. The van der Waals surface area contributed by atoms with E-state index in [-0.39, 0.29) is 12.0 Å². The lowest BCUT2D eigenvalue weighted by Gasteiger charge is -2.32. The zero-order valence-corrected chi connectivity index (χ0v) is 14.6. The molecule has 0 bridgehead atoms. The zero-order valence-electron chi connectivity index (χ0n) is 14.6. The van der Waals surface area contributed by atoms with Gasteiger partial charge in [0.25, 0.3) is 0 Å². The van der Waals surface area contributed by atoms with Gasteiger partial charge in [-0.3, -0.25) is 9.69 Å². The Morgan fingerprint density at radius 1 is 1.44 bits per heavy atom. The second-order valence-corrected chi connectivity index (χ2v) is 6.84. The summed E-state index contributed by atoms with van der Waals surface area (Å²) < 4.78 is 5.49. The number of nitrogens with zero attached hydrogens (tertiary/aromatic N) is 4. The van der Waals surface area contributed by atoms with Crippen LogP contribution in [-0.2, 0) is 9.53 Å². The Hall–Kier alpha value is -2.17. The maximum Gasteiger partial charge on any atom is 0.236 e. The van der Waals surface area contributed by atoms with Crippen molar-refractivity contribution >= 4 is 11.7 Å². The van der Waals surface area contributed by atoms with E-state index in [4.69, 9.17) is 10.00 Å². The Bertz CT molecular complexity index is 627. The van der Waals surface area contributed by atoms with Crippen molar-refractivity contribution in [3.05, 3.63) is 23.9 Å². The fourth-order valence-corrected chi connectivity index (χ4v) is 3.37. The van der Waals surface area contributed by atoms with Crippen molar-refractivity contribution in [2.75, 3.05) is 51.2 Å². The average molecular weight is 343 g/mol. The third kappa shape index (κ3) is 4.91. The van der Waals surface area contributed by atoms with Crippen LogP contribution in [-0.4, -0.2) is 72.7 Å².